The molecule has 1 fully saturated rings. The Morgan fingerprint density at radius 2 is 1.96 bits per heavy atom. The zero-order valence-corrected chi connectivity index (χ0v) is 14.4. The van der Waals surface area contributed by atoms with Crippen LogP contribution in [-0.2, 0) is 12.0 Å². The van der Waals surface area contributed by atoms with E-state index in [1.807, 2.05) is 5.38 Å². The van der Waals surface area contributed by atoms with Gasteiger partial charge in [-0.3, -0.25) is 0 Å². The maximum Gasteiger partial charge on any atom is 0.277 e. The van der Waals surface area contributed by atoms with Gasteiger partial charge in [0.25, 0.3) is 5.89 Å². The standard InChI is InChI=1S/C16H15FN4OS.ClH/c17-11-4-2-10(3-5-11)8-13-19-12(9-23-13)14-20-15(21-22-14)16(18)6-1-7-16;/h2-5,9H,1,6-8,18H2;1H. The SMILES string of the molecule is Cl.NC1(c2noc(-c3csc(Cc4ccc(F)cc4)n3)n2)CCC1. The van der Waals surface area contributed by atoms with E-state index in [4.69, 9.17) is 10.3 Å². The summed E-state index contributed by atoms with van der Waals surface area (Å²) in [4.78, 5) is 8.92. The molecule has 1 aliphatic rings. The van der Waals surface area contributed by atoms with Gasteiger partial charge in [-0.15, -0.1) is 23.7 Å². The summed E-state index contributed by atoms with van der Waals surface area (Å²) in [5.74, 6) is 0.726. The summed E-state index contributed by atoms with van der Waals surface area (Å²) < 4.78 is 18.2. The van der Waals surface area contributed by atoms with E-state index in [1.165, 1.54) is 23.5 Å². The van der Waals surface area contributed by atoms with Crippen LogP contribution in [0.1, 0.15) is 35.7 Å². The Morgan fingerprint density at radius 3 is 2.62 bits per heavy atom. The summed E-state index contributed by atoms with van der Waals surface area (Å²) in [7, 11) is 0. The van der Waals surface area contributed by atoms with Crippen molar-refractivity contribution in [3.8, 4) is 11.6 Å². The number of hydrogen-bond donors (Lipinski definition) is 1. The van der Waals surface area contributed by atoms with Crippen LogP contribution in [0.3, 0.4) is 0 Å². The molecule has 5 nitrogen and oxygen atoms in total. The minimum atomic E-state index is -0.436. The molecule has 0 bridgehead atoms. The van der Waals surface area contributed by atoms with Crippen LogP contribution in [0.25, 0.3) is 11.6 Å². The Hall–Kier alpha value is -1.83. The highest BCUT2D eigenvalue weighted by molar-refractivity contribution is 7.10. The van der Waals surface area contributed by atoms with E-state index < -0.39 is 5.54 Å². The van der Waals surface area contributed by atoms with Crippen LogP contribution in [0.15, 0.2) is 34.2 Å². The topological polar surface area (TPSA) is 77.8 Å². The predicted molar refractivity (Wildman–Crippen MR) is 91.6 cm³/mol. The Kier molecular flexibility index (Phi) is 4.67. The average molecular weight is 367 g/mol. The van der Waals surface area contributed by atoms with Crippen LogP contribution < -0.4 is 5.73 Å². The minimum Gasteiger partial charge on any atom is -0.332 e. The molecule has 1 saturated carbocycles. The molecule has 0 spiro atoms. The first-order chi connectivity index (χ1) is 11.1. The minimum absolute atomic E-state index is 0. The van der Waals surface area contributed by atoms with Gasteiger partial charge in [0.15, 0.2) is 5.82 Å². The summed E-state index contributed by atoms with van der Waals surface area (Å²) >= 11 is 1.52. The van der Waals surface area contributed by atoms with E-state index >= 15 is 0 Å². The van der Waals surface area contributed by atoms with Crippen molar-refractivity contribution < 1.29 is 8.91 Å². The Labute approximate surface area is 148 Å². The molecule has 24 heavy (non-hydrogen) atoms. The van der Waals surface area contributed by atoms with Gasteiger partial charge in [0.2, 0.25) is 0 Å². The quantitative estimate of drug-likeness (QED) is 0.762. The van der Waals surface area contributed by atoms with E-state index in [-0.39, 0.29) is 18.2 Å². The normalized spacial score (nSPS) is 15.6. The molecule has 3 aromatic rings. The highest BCUT2D eigenvalue weighted by Crippen LogP contribution is 2.37. The van der Waals surface area contributed by atoms with Gasteiger partial charge in [-0.05, 0) is 37.0 Å². The van der Waals surface area contributed by atoms with Crippen molar-refractivity contribution >= 4 is 23.7 Å². The molecular weight excluding hydrogens is 351 g/mol. The molecule has 2 N–H and O–H groups in total. The van der Waals surface area contributed by atoms with Crippen molar-refractivity contribution in [2.45, 2.75) is 31.2 Å². The number of benzene rings is 1. The number of nitrogens with zero attached hydrogens (tertiary/aromatic N) is 3. The first-order valence-electron chi connectivity index (χ1n) is 7.45. The van der Waals surface area contributed by atoms with Crippen LogP contribution in [0.2, 0.25) is 0 Å². The first-order valence-corrected chi connectivity index (χ1v) is 8.33. The lowest BCUT2D eigenvalue weighted by atomic mass is 9.77. The zero-order valence-electron chi connectivity index (χ0n) is 12.7. The molecule has 1 aromatic carbocycles. The lowest BCUT2D eigenvalue weighted by Gasteiger charge is -2.34. The molecule has 1 aliphatic carbocycles. The van der Waals surface area contributed by atoms with Crippen molar-refractivity contribution in [1.29, 1.82) is 0 Å². The van der Waals surface area contributed by atoms with Crippen LogP contribution in [0.5, 0.6) is 0 Å². The fourth-order valence-electron chi connectivity index (χ4n) is 2.58. The van der Waals surface area contributed by atoms with Gasteiger partial charge in [0.1, 0.15) is 11.5 Å². The van der Waals surface area contributed by atoms with Crippen molar-refractivity contribution in [1.82, 2.24) is 15.1 Å². The molecular formula is C16H16ClFN4OS. The number of nitrogens with two attached hydrogens (primary N) is 1. The third kappa shape index (κ3) is 3.19. The van der Waals surface area contributed by atoms with Gasteiger partial charge in [-0.25, -0.2) is 9.37 Å². The predicted octanol–water partition coefficient (Wildman–Crippen LogP) is 3.68. The lowest BCUT2D eigenvalue weighted by Crippen LogP contribution is -2.44. The van der Waals surface area contributed by atoms with E-state index in [9.17, 15) is 4.39 Å². The summed E-state index contributed by atoms with van der Waals surface area (Å²) in [6, 6.07) is 6.42. The van der Waals surface area contributed by atoms with Gasteiger partial charge in [0.05, 0.1) is 10.5 Å². The number of thiazole rings is 1. The van der Waals surface area contributed by atoms with Gasteiger partial charge < -0.3 is 10.3 Å². The average Bonchev–Trinajstić information content (AvgIpc) is 3.16. The monoisotopic (exact) mass is 366 g/mol. The molecule has 0 aliphatic heterocycles. The second-order valence-electron chi connectivity index (χ2n) is 5.86. The fraction of sp³-hybridized carbons (Fsp3) is 0.312. The van der Waals surface area contributed by atoms with Crippen LogP contribution >= 0.6 is 23.7 Å². The summed E-state index contributed by atoms with van der Waals surface area (Å²) in [6.07, 6.45) is 3.52. The van der Waals surface area contributed by atoms with Crippen molar-refractivity contribution in [3.05, 3.63) is 51.9 Å². The molecule has 0 radical (unpaired) electrons. The smallest absolute Gasteiger partial charge is 0.277 e. The van der Waals surface area contributed by atoms with E-state index in [1.54, 1.807) is 12.1 Å². The van der Waals surface area contributed by atoms with E-state index in [0.29, 0.717) is 23.8 Å². The van der Waals surface area contributed by atoms with Crippen molar-refractivity contribution in [2.75, 3.05) is 0 Å². The molecule has 0 atom stereocenters. The van der Waals surface area contributed by atoms with Crippen LogP contribution in [0.4, 0.5) is 4.39 Å². The summed E-state index contributed by atoms with van der Waals surface area (Å²) in [6.45, 7) is 0. The van der Waals surface area contributed by atoms with Gasteiger partial charge in [0, 0.05) is 11.8 Å². The third-order valence-corrected chi connectivity index (χ3v) is 5.01. The van der Waals surface area contributed by atoms with E-state index in [2.05, 4.69) is 15.1 Å². The molecule has 0 saturated heterocycles. The molecule has 126 valence electrons. The third-order valence-electron chi connectivity index (χ3n) is 4.16. The summed E-state index contributed by atoms with van der Waals surface area (Å²) in [5.41, 5.74) is 7.44. The summed E-state index contributed by atoms with van der Waals surface area (Å²) in [5, 5.41) is 6.80. The number of rotatable bonds is 4. The van der Waals surface area contributed by atoms with Gasteiger partial charge >= 0.3 is 0 Å². The Morgan fingerprint density at radius 1 is 1.21 bits per heavy atom. The van der Waals surface area contributed by atoms with Crippen molar-refractivity contribution in [2.24, 2.45) is 5.73 Å². The second-order valence-corrected chi connectivity index (χ2v) is 6.81. The number of aromatic nitrogens is 3. The largest absolute Gasteiger partial charge is 0.332 e. The van der Waals surface area contributed by atoms with Gasteiger partial charge in [-0.1, -0.05) is 17.3 Å². The Bertz CT molecular complexity index is 829. The van der Waals surface area contributed by atoms with E-state index in [0.717, 1.165) is 29.8 Å². The van der Waals surface area contributed by atoms with Crippen LogP contribution in [-0.4, -0.2) is 15.1 Å². The molecule has 8 heteroatoms. The Balaban J connectivity index is 0.00000169. The zero-order chi connectivity index (χ0) is 15.9. The van der Waals surface area contributed by atoms with Crippen molar-refractivity contribution in [3.63, 3.8) is 0 Å². The molecule has 0 unspecified atom stereocenters. The highest BCUT2D eigenvalue weighted by Gasteiger charge is 2.39. The van der Waals surface area contributed by atoms with Crippen LogP contribution in [0, 0.1) is 5.82 Å². The molecule has 2 heterocycles. The number of hydrogen-bond acceptors (Lipinski definition) is 6. The number of halogens is 2. The lowest BCUT2D eigenvalue weighted by molar-refractivity contribution is 0.229. The molecule has 2 aromatic heterocycles. The highest BCUT2D eigenvalue weighted by atomic mass is 35.5. The first kappa shape index (κ1) is 17.0. The molecule has 0 amide bonds. The second kappa shape index (κ2) is 6.58. The molecule has 4 rings (SSSR count). The van der Waals surface area contributed by atoms with Gasteiger partial charge in [-0.2, -0.15) is 4.98 Å². The maximum atomic E-state index is 12.9. The fourth-order valence-corrected chi connectivity index (χ4v) is 3.38. The maximum absolute atomic E-state index is 12.9.